The summed E-state index contributed by atoms with van der Waals surface area (Å²) in [6.45, 7) is 4.36. The van der Waals surface area contributed by atoms with Gasteiger partial charge >= 0.3 is 5.97 Å². The first-order valence-electron chi connectivity index (χ1n) is 5.93. The van der Waals surface area contributed by atoms with Crippen LogP contribution in [-0.4, -0.2) is 11.1 Å². The first-order chi connectivity index (χ1) is 6.70. The third kappa shape index (κ3) is 2.49. The van der Waals surface area contributed by atoms with Crippen molar-refractivity contribution >= 4 is 5.97 Å². The Bertz CT molecular complexity index is 185. The minimum atomic E-state index is -0.568. The average Bonchev–Trinajstić information content (AvgIpc) is 2.20. The van der Waals surface area contributed by atoms with Gasteiger partial charge in [-0.25, -0.2) is 0 Å². The summed E-state index contributed by atoms with van der Waals surface area (Å²) in [5.74, 6) is 0.433. The Morgan fingerprint density at radius 3 is 2.36 bits per heavy atom. The molecule has 1 rings (SSSR count). The van der Waals surface area contributed by atoms with E-state index in [-0.39, 0.29) is 5.92 Å². The van der Waals surface area contributed by atoms with Crippen molar-refractivity contribution in [2.24, 2.45) is 17.8 Å². The van der Waals surface area contributed by atoms with E-state index < -0.39 is 5.97 Å². The third-order valence-corrected chi connectivity index (χ3v) is 3.79. The lowest BCUT2D eigenvalue weighted by atomic mass is 9.71. The van der Waals surface area contributed by atoms with Crippen molar-refractivity contribution in [1.29, 1.82) is 0 Å². The molecule has 1 aliphatic carbocycles. The molecule has 1 saturated carbocycles. The lowest BCUT2D eigenvalue weighted by Gasteiger charge is -2.34. The molecule has 2 nitrogen and oxygen atoms in total. The number of carboxylic acids is 1. The Morgan fingerprint density at radius 1 is 1.29 bits per heavy atom. The molecule has 0 spiro atoms. The monoisotopic (exact) mass is 198 g/mol. The summed E-state index contributed by atoms with van der Waals surface area (Å²) in [6, 6.07) is 0. The van der Waals surface area contributed by atoms with Crippen molar-refractivity contribution in [3.63, 3.8) is 0 Å². The summed E-state index contributed by atoms with van der Waals surface area (Å²) >= 11 is 0. The summed E-state index contributed by atoms with van der Waals surface area (Å²) in [5.41, 5.74) is 0. The van der Waals surface area contributed by atoms with Crippen LogP contribution in [0.15, 0.2) is 0 Å². The molecule has 0 amide bonds. The van der Waals surface area contributed by atoms with Gasteiger partial charge in [-0.05, 0) is 24.7 Å². The van der Waals surface area contributed by atoms with E-state index in [2.05, 4.69) is 13.8 Å². The number of rotatable bonds is 4. The first kappa shape index (κ1) is 11.5. The van der Waals surface area contributed by atoms with Gasteiger partial charge in [0.1, 0.15) is 0 Å². The number of aliphatic carboxylic acids is 1. The zero-order valence-corrected chi connectivity index (χ0v) is 9.33. The molecule has 1 aliphatic rings. The van der Waals surface area contributed by atoms with Gasteiger partial charge in [0.25, 0.3) is 0 Å². The van der Waals surface area contributed by atoms with E-state index >= 15 is 0 Å². The maximum absolute atomic E-state index is 11.1. The van der Waals surface area contributed by atoms with Crippen LogP contribution in [0.25, 0.3) is 0 Å². The summed E-state index contributed by atoms with van der Waals surface area (Å²) in [4.78, 5) is 11.1. The van der Waals surface area contributed by atoms with Crippen molar-refractivity contribution in [2.75, 3.05) is 0 Å². The Kier molecular flexibility index (Phi) is 4.43. The van der Waals surface area contributed by atoms with Gasteiger partial charge in [-0.1, -0.05) is 39.5 Å². The van der Waals surface area contributed by atoms with Gasteiger partial charge in [0.05, 0.1) is 5.92 Å². The highest BCUT2D eigenvalue weighted by Gasteiger charge is 2.34. The summed E-state index contributed by atoms with van der Waals surface area (Å²) in [5, 5.41) is 9.15. The second-order valence-corrected chi connectivity index (χ2v) is 4.47. The highest BCUT2D eigenvalue weighted by atomic mass is 16.4. The molecule has 82 valence electrons. The van der Waals surface area contributed by atoms with Crippen molar-refractivity contribution in [3.8, 4) is 0 Å². The number of hydrogen-bond donors (Lipinski definition) is 1. The molecule has 2 atom stereocenters. The molecular weight excluding hydrogens is 176 g/mol. The van der Waals surface area contributed by atoms with Crippen LogP contribution in [0.4, 0.5) is 0 Å². The molecule has 0 aliphatic heterocycles. The zero-order chi connectivity index (χ0) is 10.6. The fourth-order valence-electron chi connectivity index (χ4n) is 2.92. The molecule has 0 aromatic rings. The largest absolute Gasteiger partial charge is 0.481 e. The van der Waals surface area contributed by atoms with Crippen LogP contribution in [0.2, 0.25) is 0 Å². The van der Waals surface area contributed by atoms with Crippen molar-refractivity contribution in [2.45, 2.75) is 52.4 Å². The lowest BCUT2D eigenvalue weighted by molar-refractivity contribution is -0.146. The first-order valence-corrected chi connectivity index (χ1v) is 5.93. The molecular formula is C12H22O2. The highest BCUT2D eigenvalue weighted by Crippen LogP contribution is 2.38. The van der Waals surface area contributed by atoms with Crippen LogP contribution < -0.4 is 0 Å². The molecule has 0 aromatic heterocycles. The molecule has 1 fully saturated rings. The minimum Gasteiger partial charge on any atom is -0.481 e. The molecule has 2 heteroatoms. The van der Waals surface area contributed by atoms with E-state index in [0.717, 1.165) is 32.1 Å². The van der Waals surface area contributed by atoms with Crippen molar-refractivity contribution in [1.82, 2.24) is 0 Å². The zero-order valence-electron chi connectivity index (χ0n) is 9.33. The minimum absolute atomic E-state index is 0.0614. The van der Waals surface area contributed by atoms with E-state index in [0.29, 0.717) is 11.8 Å². The highest BCUT2D eigenvalue weighted by molar-refractivity contribution is 5.70. The predicted molar refractivity (Wildman–Crippen MR) is 57.2 cm³/mol. The molecule has 0 heterocycles. The van der Waals surface area contributed by atoms with Gasteiger partial charge in [0, 0.05) is 0 Å². The Labute approximate surface area is 86.7 Å². The van der Waals surface area contributed by atoms with Crippen LogP contribution in [0.1, 0.15) is 52.4 Å². The summed E-state index contributed by atoms with van der Waals surface area (Å²) in [7, 11) is 0. The molecule has 0 radical (unpaired) electrons. The number of carbonyl (C=O) groups is 1. The van der Waals surface area contributed by atoms with E-state index in [9.17, 15) is 4.79 Å². The van der Waals surface area contributed by atoms with Crippen LogP contribution in [0, 0.1) is 17.8 Å². The fourth-order valence-corrected chi connectivity index (χ4v) is 2.92. The summed E-state index contributed by atoms with van der Waals surface area (Å²) in [6.07, 6.45) is 6.62. The smallest absolute Gasteiger partial charge is 0.306 e. The third-order valence-electron chi connectivity index (χ3n) is 3.79. The van der Waals surface area contributed by atoms with Gasteiger partial charge in [-0.3, -0.25) is 4.79 Å². The Hall–Kier alpha value is -0.530. The molecule has 0 saturated heterocycles. The van der Waals surface area contributed by atoms with E-state index in [1.807, 2.05) is 0 Å². The van der Waals surface area contributed by atoms with Gasteiger partial charge in [-0.2, -0.15) is 0 Å². The van der Waals surface area contributed by atoms with Gasteiger partial charge in [0.15, 0.2) is 0 Å². The number of hydrogen-bond acceptors (Lipinski definition) is 1. The maximum Gasteiger partial charge on any atom is 0.306 e. The average molecular weight is 198 g/mol. The van der Waals surface area contributed by atoms with Crippen molar-refractivity contribution < 1.29 is 9.90 Å². The molecule has 1 N–H and O–H groups in total. The second kappa shape index (κ2) is 5.38. The lowest BCUT2D eigenvalue weighted by Crippen LogP contribution is -2.31. The molecule has 0 bridgehead atoms. The van der Waals surface area contributed by atoms with Gasteiger partial charge in [-0.15, -0.1) is 0 Å². The van der Waals surface area contributed by atoms with Crippen LogP contribution in [-0.2, 0) is 4.79 Å². The van der Waals surface area contributed by atoms with E-state index in [4.69, 9.17) is 5.11 Å². The Balaban J connectivity index is 2.65. The van der Waals surface area contributed by atoms with Gasteiger partial charge in [0.2, 0.25) is 0 Å². The van der Waals surface area contributed by atoms with Crippen LogP contribution in [0.3, 0.4) is 0 Å². The predicted octanol–water partition coefficient (Wildman–Crippen LogP) is 3.31. The van der Waals surface area contributed by atoms with Crippen LogP contribution >= 0.6 is 0 Å². The van der Waals surface area contributed by atoms with Crippen molar-refractivity contribution in [3.05, 3.63) is 0 Å². The number of carboxylic acid groups (broad SMARTS) is 1. The van der Waals surface area contributed by atoms with Gasteiger partial charge < -0.3 is 5.11 Å². The summed E-state index contributed by atoms with van der Waals surface area (Å²) < 4.78 is 0. The fraction of sp³-hybridized carbons (Fsp3) is 0.917. The molecule has 14 heavy (non-hydrogen) atoms. The van der Waals surface area contributed by atoms with Crippen LogP contribution in [0.5, 0.6) is 0 Å². The SMILES string of the molecule is CCC(CC)[C@@H]1CCCC[C@@H]1C(=O)O. The maximum atomic E-state index is 11.1. The Morgan fingerprint density at radius 2 is 1.86 bits per heavy atom. The normalized spacial score (nSPS) is 27.9. The molecule has 0 unspecified atom stereocenters. The topological polar surface area (TPSA) is 37.3 Å². The standard InChI is InChI=1S/C12H22O2/c1-3-9(4-2)10-7-5-6-8-11(10)12(13)14/h9-11H,3-8H2,1-2H3,(H,13,14)/t10-,11-/m0/s1. The van der Waals surface area contributed by atoms with E-state index in [1.165, 1.54) is 6.42 Å². The second-order valence-electron chi connectivity index (χ2n) is 4.47. The van der Waals surface area contributed by atoms with E-state index in [1.54, 1.807) is 0 Å². The quantitative estimate of drug-likeness (QED) is 0.752. The molecule has 0 aromatic carbocycles.